The van der Waals surface area contributed by atoms with Gasteiger partial charge in [-0.25, -0.2) is 4.39 Å². The Hall–Kier alpha value is -3.65. The van der Waals surface area contributed by atoms with Crippen molar-refractivity contribution in [3.8, 4) is 11.1 Å². The van der Waals surface area contributed by atoms with Crippen molar-refractivity contribution in [1.29, 1.82) is 0 Å². The minimum atomic E-state index is -4.73. The zero-order chi connectivity index (χ0) is 23.0. The van der Waals surface area contributed by atoms with E-state index in [1.165, 1.54) is 34.7 Å². The zero-order valence-electron chi connectivity index (χ0n) is 16.1. The summed E-state index contributed by atoms with van der Waals surface area (Å²) >= 11 is 5.60. The molecule has 0 unspecified atom stereocenters. The van der Waals surface area contributed by atoms with Crippen LogP contribution in [-0.2, 0) is 11.0 Å². The summed E-state index contributed by atoms with van der Waals surface area (Å²) in [6.45, 7) is 0. The Bertz CT molecular complexity index is 1340. The monoisotopic (exact) mass is 460 g/mol. The van der Waals surface area contributed by atoms with E-state index in [1.807, 2.05) is 0 Å². The number of carbonyl (C=O) groups is 2. The first kappa shape index (κ1) is 21.6. The maximum Gasteiger partial charge on any atom is 0.417 e. The van der Waals surface area contributed by atoms with E-state index in [1.54, 1.807) is 30.5 Å². The molecule has 162 valence electrons. The van der Waals surface area contributed by atoms with E-state index in [0.29, 0.717) is 22.7 Å². The lowest BCUT2D eigenvalue weighted by Gasteiger charge is -2.12. The van der Waals surface area contributed by atoms with Gasteiger partial charge in [-0.3, -0.25) is 9.59 Å². The number of rotatable bonds is 4. The standard InChI is InChI=1S/C23H13ClF4N2O2/c24-19-9-8-15(11-18(19)23(26,27)28)29-22(32)21(31)20-17(13-4-6-14(25)7-5-13)12-16-3-1-2-10-30(16)20/h1-12H,(H,29,32). The van der Waals surface area contributed by atoms with Gasteiger partial charge in [-0.1, -0.05) is 29.8 Å². The maximum absolute atomic E-state index is 13.4. The van der Waals surface area contributed by atoms with Crippen LogP contribution < -0.4 is 5.32 Å². The first-order chi connectivity index (χ1) is 15.1. The third kappa shape index (κ3) is 4.09. The fraction of sp³-hybridized carbons (Fsp3) is 0.0435. The number of benzene rings is 2. The summed E-state index contributed by atoms with van der Waals surface area (Å²) in [5.74, 6) is -2.57. The van der Waals surface area contributed by atoms with Crippen LogP contribution in [0.2, 0.25) is 5.02 Å². The molecule has 9 heteroatoms. The van der Waals surface area contributed by atoms with Crippen LogP contribution in [0.25, 0.3) is 16.6 Å². The van der Waals surface area contributed by atoms with Crippen LogP contribution in [-0.4, -0.2) is 16.1 Å². The van der Waals surface area contributed by atoms with Crippen molar-refractivity contribution in [3.05, 3.63) is 95.0 Å². The number of carbonyl (C=O) groups excluding carboxylic acids is 2. The molecule has 0 aliphatic rings. The molecule has 0 bridgehead atoms. The van der Waals surface area contributed by atoms with E-state index in [2.05, 4.69) is 5.32 Å². The van der Waals surface area contributed by atoms with Crippen LogP contribution in [0.4, 0.5) is 23.2 Å². The van der Waals surface area contributed by atoms with Gasteiger partial charge in [0.25, 0.3) is 11.7 Å². The van der Waals surface area contributed by atoms with Gasteiger partial charge in [0.2, 0.25) is 0 Å². The fourth-order valence-corrected chi connectivity index (χ4v) is 3.55. The van der Waals surface area contributed by atoms with Gasteiger partial charge in [-0.15, -0.1) is 0 Å². The van der Waals surface area contributed by atoms with Crippen LogP contribution in [0, 0.1) is 5.82 Å². The summed E-state index contributed by atoms with van der Waals surface area (Å²) < 4.78 is 54.1. The number of Topliss-reactive ketones (excluding diaryl/α,β-unsaturated/α-hetero) is 1. The molecule has 0 aliphatic carbocycles. The van der Waals surface area contributed by atoms with E-state index in [-0.39, 0.29) is 11.4 Å². The number of alkyl halides is 3. The molecular weight excluding hydrogens is 448 g/mol. The fourth-order valence-electron chi connectivity index (χ4n) is 3.32. The highest BCUT2D eigenvalue weighted by Gasteiger charge is 2.34. The van der Waals surface area contributed by atoms with Crippen LogP contribution in [0.1, 0.15) is 16.1 Å². The smallest absolute Gasteiger partial charge is 0.319 e. The van der Waals surface area contributed by atoms with Gasteiger partial charge in [-0.2, -0.15) is 13.2 Å². The van der Waals surface area contributed by atoms with Crippen molar-refractivity contribution in [2.24, 2.45) is 0 Å². The highest BCUT2D eigenvalue weighted by atomic mass is 35.5. The van der Waals surface area contributed by atoms with E-state index in [4.69, 9.17) is 11.6 Å². The molecule has 0 saturated heterocycles. The lowest BCUT2D eigenvalue weighted by Crippen LogP contribution is -2.25. The Labute approximate surface area is 184 Å². The van der Waals surface area contributed by atoms with Gasteiger partial charge < -0.3 is 9.72 Å². The molecule has 0 aliphatic heterocycles. The highest BCUT2D eigenvalue weighted by molar-refractivity contribution is 6.47. The molecule has 0 spiro atoms. The minimum Gasteiger partial charge on any atom is -0.319 e. The second kappa shape index (κ2) is 8.12. The first-order valence-electron chi connectivity index (χ1n) is 9.23. The number of amides is 1. The minimum absolute atomic E-state index is 0.00489. The Kier molecular flexibility index (Phi) is 5.48. The van der Waals surface area contributed by atoms with Gasteiger partial charge in [-0.05, 0) is 54.1 Å². The van der Waals surface area contributed by atoms with Crippen molar-refractivity contribution >= 4 is 34.5 Å². The summed E-state index contributed by atoms with van der Waals surface area (Å²) in [6, 6.07) is 15.0. The highest BCUT2D eigenvalue weighted by Crippen LogP contribution is 2.36. The number of nitrogens with zero attached hydrogens (tertiary/aromatic N) is 1. The average molecular weight is 461 g/mol. The second-order valence-electron chi connectivity index (χ2n) is 6.88. The third-order valence-corrected chi connectivity index (χ3v) is 5.12. The molecule has 2 aromatic heterocycles. The summed E-state index contributed by atoms with van der Waals surface area (Å²) in [7, 11) is 0. The Morgan fingerprint density at radius 2 is 1.66 bits per heavy atom. The van der Waals surface area contributed by atoms with Crippen molar-refractivity contribution in [1.82, 2.24) is 4.40 Å². The molecule has 0 atom stereocenters. The second-order valence-corrected chi connectivity index (χ2v) is 7.29. The lowest BCUT2D eigenvalue weighted by molar-refractivity contribution is -0.137. The largest absolute Gasteiger partial charge is 0.417 e. The molecule has 4 aromatic rings. The van der Waals surface area contributed by atoms with E-state index < -0.39 is 34.3 Å². The molecule has 4 nitrogen and oxygen atoms in total. The zero-order valence-corrected chi connectivity index (χ0v) is 16.8. The number of aromatic nitrogens is 1. The molecule has 0 saturated carbocycles. The number of halogens is 5. The van der Waals surface area contributed by atoms with Crippen molar-refractivity contribution < 1.29 is 27.2 Å². The maximum atomic E-state index is 13.4. The quantitative estimate of drug-likeness (QED) is 0.223. The van der Waals surface area contributed by atoms with Crippen molar-refractivity contribution in [3.63, 3.8) is 0 Å². The molecule has 1 N–H and O–H groups in total. The average Bonchev–Trinajstić information content (AvgIpc) is 3.13. The number of fused-ring (bicyclic) bond motifs is 1. The van der Waals surface area contributed by atoms with Gasteiger partial charge in [0.1, 0.15) is 11.5 Å². The molecule has 2 heterocycles. The van der Waals surface area contributed by atoms with Crippen molar-refractivity contribution in [2.45, 2.75) is 6.18 Å². The van der Waals surface area contributed by atoms with Crippen LogP contribution in [0.5, 0.6) is 0 Å². The predicted molar refractivity (Wildman–Crippen MR) is 112 cm³/mol. The van der Waals surface area contributed by atoms with Crippen molar-refractivity contribution in [2.75, 3.05) is 5.32 Å². The van der Waals surface area contributed by atoms with Crippen LogP contribution in [0.15, 0.2) is 72.9 Å². The van der Waals surface area contributed by atoms with Crippen LogP contribution >= 0.6 is 11.6 Å². The number of nitrogens with one attached hydrogen (secondary N) is 1. The lowest BCUT2D eigenvalue weighted by atomic mass is 10.0. The Morgan fingerprint density at radius 1 is 0.938 bits per heavy atom. The predicted octanol–water partition coefficient (Wildman–Crippen LogP) is 6.24. The SMILES string of the molecule is O=C(Nc1ccc(Cl)c(C(F)(F)F)c1)C(=O)c1c(-c2ccc(F)cc2)cc2ccccn12. The van der Waals surface area contributed by atoms with Gasteiger partial charge in [0, 0.05) is 23.0 Å². The molecule has 0 fully saturated rings. The molecule has 4 rings (SSSR count). The molecule has 2 aromatic carbocycles. The first-order valence-corrected chi connectivity index (χ1v) is 9.61. The number of hydrogen-bond acceptors (Lipinski definition) is 2. The van der Waals surface area contributed by atoms with E-state index in [0.717, 1.165) is 6.07 Å². The normalized spacial score (nSPS) is 11.5. The van der Waals surface area contributed by atoms with E-state index in [9.17, 15) is 27.2 Å². The van der Waals surface area contributed by atoms with Crippen LogP contribution in [0.3, 0.4) is 0 Å². The number of pyridine rings is 1. The third-order valence-electron chi connectivity index (χ3n) is 4.79. The summed E-state index contributed by atoms with van der Waals surface area (Å²) in [5.41, 5.74) is 0.109. The van der Waals surface area contributed by atoms with Gasteiger partial charge in [0.15, 0.2) is 0 Å². The summed E-state index contributed by atoms with van der Waals surface area (Å²) in [6.07, 6.45) is -3.15. The number of anilines is 1. The summed E-state index contributed by atoms with van der Waals surface area (Å²) in [5, 5.41) is 1.67. The van der Waals surface area contributed by atoms with Gasteiger partial charge >= 0.3 is 6.18 Å². The van der Waals surface area contributed by atoms with Gasteiger partial charge in [0.05, 0.1) is 10.6 Å². The number of hydrogen-bond donors (Lipinski definition) is 1. The van der Waals surface area contributed by atoms with E-state index >= 15 is 0 Å². The summed E-state index contributed by atoms with van der Waals surface area (Å²) in [4.78, 5) is 25.8. The number of ketones is 1. The Morgan fingerprint density at radius 3 is 2.34 bits per heavy atom. The topological polar surface area (TPSA) is 50.6 Å². The molecule has 32 heavy (non-hydrogen) atoms. The molecule has 0 radical (unpaired) electrons. The molecular formula is C23H13ClF4N2O2. The Balaban J connectivity index is 1.73. The molecule has 1 amide bonds.